The number of carboxylic acid groups (broad SMARTS) is 1. The SMILES string of the molecule is C=Cc1ccc(S(=O)(=O)NC2CC(N(CC(=O)O)CC3CC3)C2)cc1. The van der Waals surface area contributed by atoms with Crippen molar-refractivity contribution in [3.05, 3.63) is 36.4 Å². The van der Waals surface area contributed by atoms with E-state index in [2.05, 4.69) is 11.3 Å². The number of nitrogens with one attached hydrogen (secondary N) is 1. The van der Waals surface area contributed by atoms with Gasteiger partial charge in [-0.3, -0.25) is 9.69 Å². The highest BCUT2D eigenvalue weighted by Gasteiger charge is 2.38. The molecule has 0 radical (unpaired) electrons. The summed E-state index contributed by atoms with van der Waals surface area (Å²) >= 11 is 0. The third kappa shape index (κ3) is 4.68. The molecule has 0 spiro atoms. The number of rotatable bonds is 9. The molecule has 2 aliphatic rings. The van der Waals surface area contributed by atoms with Crippen LogP contribution in [0.4, 0.5) is 0 Å². The van der Waals surface area contributed by atoms with E-state index in [1.54, 1.807) is 30.3 Å². The summed E-state index contributed by atoms with van der Waals surface area (Å²) in [5, 5.41) is 9.07. The second kappa shape index (κ2) is 7.27. The number of hydrogen-bond donors (Lipinski definition) is 2. The van der Waals surface area contributed by atoms with Crippen molar-refractivity contribution in [1.82, 2.24) is 9.62 Å². The summed E-state index contributed by atoms with van der Waals surface area (Å²) in [5.74, 6) is -0.217. The molecule has 0 heterocycles. The molecular weight excluding hydrogens is 340 g/mol. The van der Waals surface area contributed by atoms with E-state index >= 15 is 0 Å². The predicted molar refractivity (Wildman–Crippen MR) is 95.6 cm³/mol. The first-order valence-corrected chi connectivity index (χ1v) is 10.1. The summed E-state index contributed by atoms with van der Waals surface area (Å²) < 4.78 is 27.6. The molecule has 2 aliphatic carbocycles. The third-order valence-corrected chi connectivity index (χ3v) is 6.44. The van der Waals surface area contributed by atoms with E-state index < -0.39 is 16.0 Å². The zero-order valence-electron chi connectivity index (χ0n) is 14.1. The molecule has 0 saturated heterocycles. The van der Waals surface area contributed by atoms with Crippen LogP contribution in [0.1, 0.15) is 31.2 Å². The minimum atomic E-state index is -3.55. The lowest BCUT2D eigenvalue weighted by Crippen LogP contribution is -2.55. The molecule has 0 unspecified atom stereocenters. The maximum atomic E-state index is 12.4. The minimum Gasteiger partial charge on any atom is -0.480 e. The smallest absolute Gasteiger partial charge is 0.317 e. The molecule has 2 fully saturated rings. The standard InChI is InChI=1S/C18H24N2O4S/c1-2-13-5-7-17(8-6-13)25(23,24)19-15-9-16(10-15)20(12-18(21)22)11-14-3-4-14/h2,5-8,14-16,19H,1,3-4,9-12H2,(H,21,22). The van der Waals surface area contributed by atoms with E-state index in [0.717, 1.165) is 12.1 Å². The van der Waals surface area contributed by atoms with Crippen LogP contribution in [0.5, 0.6) is 0 Å². The number of sulfonamides is 1. The second-order valence-corrected chi connectivity index (χ2v) is 8.70. The highest BCUT2D eigenvalue weighted by atomic mass is 32.2. The molecular formula is C18H24N2O4S. The monoisotopic (exact) mass is 364 g/mol. The Labute approximate surface area is 148 Å². The molecule has 0 aromatic heterocycles. The topological polar surface area (TPSA) is 86.7 Å². The summed E-state index contributed by atoms with van der Waals surface area (Å²) in [6.45, 7) is 4.49. The molecule has 3 rings (SSSR count). The number of carboxylic acids is 1. The first-order chi connectivity index (χ1) is 11.9. The van der Waals surface area contributed by atoms with Crippen LogP contribution in [0.3, 0.4) is 0 Å². The van der Waals surface area contributed by atoms with Gasteiger partial charge in [0.15, 0.2) is 0 Å². The maximum absolute atomic E-state index is 12.4. The van der Waals surface area contributed by atoms with Crippen LogP contribution < -0.4 is 4.72 Å². The van der Waals surface area contributed by atoms with E-state index in [1.807, 2.05) is 4.90 Å². The van der Waals surface area contributed by atoms with Gasteiger partial charge in [0.2, 0.25) is 10.0 Å². The van der Waals surface area contributed by atoms with Crippen molar-refractivity contribution in [2.45, 2.75) is 42.7 Å². The Balaban J connectivity index is 1.55. The van der Waals surface area contributed by atoms with Crippen LogP contribution >= 0.6 is 0 Å². The molecule has 2 saturated carbocycles. The van der Waals surface area contributed by atoms with Gasteiger partial charge in [-0.1, -0.05) is 24.8 Å². The van der Waals surface area contributed by atoms with Crippen LogP contribution in [0.25, 0.3) is 6.08 Å². The molecule has 25 heavy (non-hydrogen) atoms. The number of benzene rings is 1. The average Bonchev–Trinajstić information content (AvgIpc) is 3.33. The van der Waals surface area contributed by atoms with Crippen LogP contribution in [-0.4, -0.2) is 49.6 Å². The van der Waals surface area contributed by atoms with E-state index in [-0.39, 0.29) is 23.5 Å². The number of hydrogen-bond acceptors (Lipinski definition) is 4. The first-order valence-electron chi connectivity index (χ1n) is 8.58. The molecule has 7 heteroatoms. The number of nitrogens with zero attached hydrogens (tertiary/aromatic N) is 1. The van der Waals surface area contributed by atoms with E-state index in [4.69, 9.17) is 5.11 Å². The van der Waals surface area contributed by atoms with Gasteiger partial charge in [0.05, 0.1) is 11.4 Å². The Morgan fingerprint density at radius 3 is 2.44 bits per heavy atom. The summed E-state index contributed by atoms with van der Waals surface area (Å²) in [4.78, 5) is 13.3. The lowest BCUT2D eigenvalue weighted by Gasteiger charge is -2.42. The van der Waals surface area contributed by atoms with E-state index in [0.29, 0.717) is 18.8 Å². The van der Waals surface area contributed by atoms with Gasteiger partial charge in [-0.2, -0.15) is 0 Å². The molecule has 136 valence electrons. The third-order valence-electron chi connectivity index (χ3n) is 4.91. The Morgan fingerprint density at radius 2 is 1.92 bits per heavy atom. The molecule has 0 amide bonds. The average molecular weight is 364 g/mol. The Bertz CT molecular complexity index is 735. The van der Waals surface area contributed by atoms with Crippen molar-refractivity contribution in [3.63, 3.8) is 0 Å². The summed E-state index contributed by atoms with van der Waals surface area (Å²) in [6.07, 6.45) is 5.31. The summed E-state index contributed by atoms with van der Waals surface area (Å²) in [5.41, 5.74) is 0.868. The fourth-order valence-corrected chi connectivity index (χ4v) is 4.46. The Hall–Kier alpha value is -1.70. The van der Waals surface area contributed by atoms with Gasteiger partial charge in [0.1, 0.15) is 0 Å². The first kappa shape index (κ1) is 18.1. The quantitative estimate of drug-likeness (QED) is 0.699. The van der Waals surface area contributed by atoms with Crippen molar-refractivity contribution >= 4 is 22.1 Å². The van der Waals surface area contributed by atoms with E-state index in [9.17, 15) is 13.2 Å². The van der Waals surface area contributed by atoms with Crippen molar-refractivity contribution in [1.29, 1.82) is 0 Å². The fourth-order valence-electron chi connectivity index (χ4n) is 3.20. The van der Waals surface area contributed by atoms with Crippen LogP contribution in [0, 0.1) is 5.92 Å². The van der Waals surface area contributed by atoms with Crippen molar-refractivity contribution in [3.8, 4) is 0 Å². The van der Waals surface area contributed by atoms with Gasteiger partial charge in [0.25, 0.3) is 0 Å². The Kier molecular flexibility index (Phi) is 5.27. The molecule has 6 nitrogen and oxygen atoms in total. The van der Waals surface area contributed by atoms with Crippen molar-refractivity contribution in [2.75, 3.05) is 13.1 Å². The van der Waals surface area contributed by atoms with Crippen LogP contribution in [0.15, 0.2) is 35.7 Å². The van der Waals surface area contributed by atoms with Gasteiger partial charge < -0.3 is 5.11 Å². The molecule has 0 aliphatic heterocycles. The lowest BCUT2D eigenvalue weighted by molar-refractivity contribution is -0.139. The second-order valence-electron chi connectivity index (χ2n) is 6.98. The molecule has 1 aromatic carbocycles. The van der Waals surface area contributed by atoms with Crippen LogP contribution in [-0.2, 0) is 14.8 Å². The van der Waals surface area contributed by atoms with E-state index in [1.165, 1.54) is 12.8 Å². The maximum Gasteiger partial charge on any atom is 0.317 e. The van der Waals surface area contributed by atoms with Gasteiger partial charge in [0, 0.05) is 18.6 Å². The molecule has 0 bridgehead atoms. The van der Waals surface area contributed by atoms with Crippen molar-refractivity contribution in [2.24, 2.45) is 5.92 Å². The number of carbonyl (C=O) groups is 1. The normalized spacial score (nSPS) is 23.2. The molecule has 1 aromatic rings. The minimum absolute atomic E-state index is 0.0314. The van der Waals surface area contributed by atoms with Crippen molar-refractivity contribution < 1.29 is 18.3 Å². The lowest BCUT2D eigenvalue weighted by atomic mass is 9.86. The Morgan fingerprint density at radius 1 is 1.28 bits per heavy atom. The zero-order chi connectivity index (χ0) is 18.0. The van der Waals surface area contributed by atoms with Gasteiger partial charge in [-0.25, -0.2) is 13.1 Å². The zero-order valence-corrected chi connectivity index (χ0v) is 14.9. The molecule has 2 N–H and O–H groups in total. The fraction of sp³-hybridized carbons (Fsp3) is 0.500. The highest BCUT2D eigenvalue weighted by Crippen LogP contribution is 2.34. The van der Waals surface area contributed by atoms with Gasteiger partial charge in [-0.15, -0.1) is 0 Å². The molecule has 0 atom stereocenters. The highest BCUT2D eigenvalue weighted by molar-refractivity contribution is 7.89. The summed E-state index contributed by atoms with van der Waals surface area (Å²) in [7, 11) is -3.55. The van der Waals surface area contributed by atoms with Gasteiger partial charge >= 0.3 is 5.97 Å². The number of aliphatic carboxylic acids is 1. The predicted octanol–water partition coefficient (Wildman–Crippen LogP) is 1.94. The summed E-state index contributed by atoms with van der Waals surface area (Å²) in [6, 6.07) is 6.58. The largest absolute Gasteiger partial charge is 0.480 e. The van der Waals surface area contributed by atoms with Gasteiger partial charge in [-0.05, 0) is 49.3 Å². The van der Waals surface area contributed by atoms with Crippen LogP contribution in [0.2, 0.25) is 0 Å².